The van der Waals surface area contributed by atoms with Gasteiger partial charge in [-0.3, -0.25) is 4.72 Å². The summed E-state index contributed by atoms with van der Waals surface area (Å²) in [5.74, 6) is 0. The van der Waals surface area contributed by atoms with Crippen LogP contribution in [0.1, 0.15) is 18.5 Å². The molecule has 6 heteroatoms. The van der Waals surface area contributed by atoms with Gasteiger partial charge in [-0.05, 0) is 55.1 Å². The van der Waals surface area contributed by atoms with E-state index in [1.165, 1.54) is 4.90 Å². The number of thioether (sulfide) groups is 1. The third kappa shape index (κ3) is 4.96. The van der Waals surface area contributed by atoms with Crippen LogP contribution in [0.25, 0.3) is 0 Å². The molecule has 22 heavy (non-hydrogen) atoms. The second-order valence-electron chi connectivity index (χ2n) is 5.09. The monoisotopic (exact) mass is 336 g/mol. The maximum atomic E-state index is 11.2. The van der Waals surface area contributed by atoms with Crippen LogP contribution in [0.4, 0.5) is 11.4 Å². The molecule has 0 fully saturated rings. The van der Waals surface area contributed by atoms with Crippen molar-refractivity contribution in [2.24, 2.45) is 0 Å². The van der Waals surface area contributed by atoms with Gasteiger partial charge in [0.05, 0.1) is 6.26 Å². The minimum absolute atomic E-state index is 0.132. The van der Waals surface area contributed by atoms with E-state index >= 15 is 0 Å². The Balaban J connectivity index is 2.04. The van der Waals surface area contributed by atoms with Crippen molar-refractivity contribution >= 4 is 33.2 Å². The minimum Gasteiger partial charge on any atom is -0.379 e. The Labute approximate surface area is 136 Å². The lowest BCUT2D eigenvalue weighted by Crippen LogP contribution is -2.10. The van der Waals surface area contributed by atoms with Crippen molar-refractivity contribution in [2.75, 3.05) is 22.6 Å². The van der Waals surface area contributed by atoms with Gasteiger partial charge < -0.3 is 5.32 Å². The maximum absolute atomic E-state index is 11.2. The van der Waals surface area contributed by atoms with E-state index in [4.69, 9.17) is 0 Å². The molecule has 4 nitrogen and oxygen atoms in total. The number of hydrogen-bond donors (Lipinski definition) is 2. The summed E-state index contributed by atoms with van der Waals surface area (Å²) in [5.41, 5.74) is 2.72. The van der Waals surface area contributed by atoms with Gasteiger partial charge in [0.25, 0.3) is 0 Å². The predicted octanol–water partition coefficient (Wildman–Crippen LogP) is 3.95. The average molecular weight is 336 g/mol. The van der Waals surface area contributed by atoms with Crippen LogP contribution in [0.3, 0.4) is 0 Å². The van der Waals surface area contributed by atoms with Gasteiger partial charge in [-0.15, -0.1) is 11.8 Å². The molecule has 2 aromatic carbocycles. The van der Waals surface area contributed by atoms with Crippen LogP contribution < -0.4 is 10.0 Å². The molecule has 0 radical (unpaired) electrons. The van der Waals surface area contributed by atoms with Gasteiger partial charge in [0, 0.05) is 22.3 Å². The highest BCUT2D eigenvalue weighted by molar-refractivity contribution is 7.98. The summed E-state index contributed by atoms with van der Waals surface area (Å²) in [6.07, 6.45) is 3.19. The lowest BCUT2D eigenvalue weighted by atomic mass is 10.1. The van der Waals surface area contributed by atoms with Gasteiger partial charge in [0.15, 0.2) is 0 Å². The predicted molar refractivity (Wildman–Crippen MR) is 95.2 cm³/mol. The Morgan fingerprint density at radius 3 is 2.00 bits per heavy atom. The van der Waals surface area contributed by atoms with Crippen LogP contribution in [-0.4, -0.2) is 20.9 Å². The molecule has 2 rings (SSSR count). The van der Waals surface area contributed by atoms with E-state index < -0.39 is 10.0 Å². The summed E-state index contributed by atoms with van der Waals surface area (Å²) in [4.78, 5) is 1.23. The minimum atomic E-state index is -3.23. The van der Waals surface area contributed by atoms with Crippen molar-refractivity contribution in [3.63, 3.8) is 0 Å². The highest BCUT2D eigenvalue weighted by Gasteiger charge is 2.07. The molecular weight excluding hydrogens is 316 g/mol. The molecule has 0 amide bonds. The molecule has 0 bridgehead atoms. The van der Waals surface area contributed by atoms with E-state index in [1.807, 2.05) is 12.1 Å². The number of rotatable bonds is 6. The molecule has 118 valence electrons. The first-order valence-electron chi connectivity index (χ1n) is 6.86. The van der Waals surface area contributed by atoms with E-state index in [2.05, 4.69) is 47.5 Å². The summed E-state index contributed by atoms with van der Waals surface area (Å²) >= 11 is 1.71. The molecule has 2 N–H and O–H groups in total. The maximum Gasteiger partial charge on any atom is 0.229 e. The summed E-state index contributed by atoms with van der Waals surface area (Å²) in [7, 11) is -3.23. The Morgan fingerprint density at radius 1 is 0.955 bits per heavy atom. The fraction of sp³-hybridized carbons (Fsp3) is 0.250. The first-order valence-corrected chi connectivity index (χ1v) is 9.97. The lowest BCUT2D eigenvalue weighted by Gasteiger charge is -2.16. The first kappa shape index (κ1) is 16.7. The van der Waals surface area contributed by atoms with Crippen molar-refractivity contribution < 1.29 is 8.42 Å². The summed E-state index contributed by atoms with van der Waals surface area (Å²) in [6, 6.07) is 15.8. The molecule has 0 saturated carbocycles. The van der Waals surface area contributed by atoms with E-state index in [0.717, 1.165) is 17.5 Å². The van der Waals surface area contributed by atoms with Gasteiger partial charge in [-0.25, -0.2) is 8.42 Å². The zero-order valence-electron chi connectivity index (χ0n) is 12.8. The standard InChI is InChI=1S/C16H20N2O2S2/c1-12(17-14-8-10-16(21-2)11-9-14)13-4-6-15(7-5-13)18-22(3,19)20/h4-12,17-18H,1-3H3. The second-order valence-corrected chi connectivity index (χ2v) is 7.72. The molecule has 0 aliphatic heterocycles. The van der Waals surface area contributed by atoms with Gasteiger partial charge in [0.1, 0.15) is 0 Å². The fourth-order valence-corrected chi connectivity index (χ4v) is 3.05. The van der Waals surface area contributed by atoms with Crippen LogP contribution in [0, 0.1) is 0 Å². The zero-order chi connectivity index (χ0) is 16.2. The largest absolute Gasteiger partial charge is 0.379 e. The van der Waals surface area contributed by atoms with Crippen molar-refractivity contribution in [3.05, 3.63) is 54.1 Å². The normalized spacial score (nSPS) is 12.7. The quantitative estimate of drug-likeness (QED) is 0.784. The molecule has 0 heterocycles. The van der Waals surface area contributed by atoms with Crippen molar-refractivity contribution in [3.8, 4) is 0 Å². The third-order valence-electron chi connectivity index (χ3n) is 3.19. The van der Waals surface area contributed by atoms with E-state index in [1.54, 1.807) is 23.9 Å². The molecule has 0 aliphatic rings. The van der Waals surface area contributed by atoms with Gasteiger partial charge in [-0.1, -0.05) is 12.1 Å². The van der Waals surface area contributed by atoms with E-state index in [0.29, 0.717) is 5.69 Å². The highest BCUT2D eigenvalue weighted by atomic mass is 32.2. The van der Waals surface area contributed by atoms with Gasteiger partial charge >= 0.3 is 0 Å². The van der Waals surface area contributed by atoms with E-state index in [9.17, 15) is 8.42 Å². The SMILES string of the molecule is CSc1ccc(NC(C)c2ccc(NS(C)(=O)=O)cc2)cc1. The number of nitrogens with one attached hydrogen (secondary N) is 2. The van der Waals surface area contributed by atoms with Crippen LogP contribution >= 0.6 is 11.8 Å². The molecule has 0 aliphatic carbocycles. The number of sulfonamides is 1. The topological polar surface area (TPSA) is 58.2 Å². The summed E-state index contributed by atoms with van der Waals surface area (Å²) in [5, 5.41) is 3.43. The second kappa shape index (κ2) is 7.07. The molecule has 0 spiro atoms. The molecule has 1 unspecified atom stereocenters. The molecule has 0 saturated heterocycles. The van der Waals surface area contributed by atoms with E-state index in [-0.39, 0.29) is 6.04 Å². The number of benzene rings is 2. The first-order chi connectivity index (χ1) is 10.4. The van der Waals surface area contributed by atoms with Gasteiger partial charge in [-0.2, -0.15) is 0 Å². The summed E-state index contributed by atoms with van der Waals surface area (Å²) in [6.45, 7) is 2.07. The third-order valence-corrected chi connectivity index (χ3v) is 4.54. The number of anilines is 2. The highest BCUT2D eigenvalue weighted by Crippen LogP contribution is 2.23. The van der Waals surface area contributed by atoms with Crippen LogP contribution in [0.15, 0.2) is 53.4 Å². The van der Waals surface area contributed by atoms with Crippen LogP contribution in [0.5, 0.6) is 0 Å². The smallest absolute Gasteiger partial charge is 0.229 e. The lowest BCUT2D eigenvalue weighted by molar-refractivity contribution is 0.607. The molecule has 2 aromatic rings. The van der Waals surface area contributed by atoms with Crippen LogP contribution in [0.2, 0.25) is 0 Å². The van der Waals surface area contributed by atoms with Crippen molar-refractivity contribution in [1.82, 2.24) is 0 Å². The zero-order valence-corrected chi connectivity index (χ0v) is 14.5. The van der Waals surface area contributed by atoms with Crippen molar-refractivity contribution in [2.45, 2.75) is 17.9 Å². The van der Waals surface area contributed by atoms with Crippen LogP contribution in [-0.2, 0) is 10.0 Å². The Morgan fingerprint density at radius 2 is 1.50 bits per heavy atom. The Hall–Kier alpha value is -1.66. The molecule has 1 atom stereocenters. The number of hydrogen-bond acceptors (Lipinski definition) is 4. The Bertz CT molecular complexity index is 711. The molecular formula is C16H20N2O2S2. The summed E-state index contributed by atoms with van der Waals surface area (Å²) < 4.78 is 24.8. The van der Waals surface area contributed by atoms with Gasteiger partial charge in [0.2, 0.25) is 10.0 Å². The van der Waals surface area contributed by atoms with Crippen molar-refractivity contribution in [1.29, 1.82) is 0 Å². The average Bonchev–Trinajstić information content (AvgIpc) is 2.47. The fourth-order valence-electron chi connectivity index (χ4n) is 2.07. The Kier molecular flexibility index (Phi) is 5.37. The molecule has 0 aromatic heterocycles.